The van der Waals surface area contributed by atoms with Crippen molar-refractivity contribution < 1.29 is 27.1 Å². The number of benzene rings is 3. The van der Waals surface area contributed by atoms with Crippen LogP contribution in [0.1, 0.15) is 17.2 Å². The minimum absolute atomic E-state index is 0.0791. The van der Waals surface area contributed by atoms with E-state index in [2.05, 4.69) is 0 Å². The summed E-state index contributed by atoms with van der Waals surface area (Å²) in [6, 6.07) is 18.8. The van der Waals surface area contributed by atoms with Crippen molar-refractivity contribution in [2.24, 2.45) is 0 Å². The van der Waals surface area contributed by atoms with Crippen LogP contribution in [-0.4, -0.2) is 37.8 Å². The number of carbonyl (C=O) groups is 2. The number of nitrogens with zero attached hydrogens (tertiary/aromatic N) is 1. The van der Waals surface area contributed by atoms with Crippen LogP contribution in [0.5, 0.6) is 0 Å². The number of ether oxygens (including phenoxy) is 1. The number of nitrogens with one attached hydrogen (secondary N) is 1. The van der Waals surface area contributed by atoms with Gasteiger partial charge in [0, 0.05) is 11.6 Å². The van der Waals surface area contributed by atoms with Gasteiger partial charge in [-0.1, -0.05) is 54.1 Å². The molecule has 34 heavy (non-hydrogen) atoms. The summed E-state index contributed by atoms with van der Waals surface area (Å²) in [7, 11) is -4.21. The van der Waals surface area contributed by atoms with E-state index < -0.39 is 40.5 Å². The molecule has 0 bridgehead atoms. The Bertz CT molecular complexity index is 1290. The Morgan fingerprint density at radius 1 is 1.03 bits per heavy atom. The largest absolute Gasteiger partial charge is 0.356 e. The van der Waals surface area contributed by atoms with E-state index in [0.29, 0.717) is 16.1 Å². The van der Waals surface area contributed by atoms with E-state index >= 15 is 0 Å². The van der Waals surface area contributed by atoms with E-state index in [1.165, 1.54) is 41.3 Å². The molecule has 1 N–H and O–H groups in total. The van der Waals surface area contributed by atoms with Gasteiger partial charge in [-0.05, 0) is 47.5 Å². The Kier molecular flexibility index (Phi) is 6.97. The fourth-order valence-corrected chi connectivity index (χ4v) is 4.83. The second-order valence-electron chi connectivity index (χ2n) is 7.66. The summed E-state index contributed by atoms with van der Waals surface area (Å²) in [6.45, 7) is -0.334. The predicted octanol–water partition coefficient (Wildman–Crippen LogP) is 3.45. The highest BCUT2D eigenvalue weighted by atomic mass is 35.5. The lowest BCUT2D eigenvalue weighted by Crippen LogP contribution is -2.54. The summed E-state index contributed by atoms with van der Waals surface area (Å²) >= 11 is 5.82. The first-order valence-corrected chi connectivity index (χ1v) is 12.1. The van der Waals surface area contributed by atoms with E-state index in [9.17, 15) is 22.4 Å². The zero-order valence-corrected chi connectivity index (χ0v) is 19.3. The first-order valence-electron chi connectivity index (χ1n) is 10.3. The first-order chi connectivity index (χ1) is 16.2. The van der Waals surface area contributed by atoms with Gasteiger partial charge in [-0.3, -0.25) is 9.59 Å². The molecule has 1 saturated heterocycles. The normalized spacial score (nSPS) is 18.5. The number of rotatable bonds is 6. The molecule has 2 atom stereocenters. The molecule has 3 aromatic carbocycles. The van der Waals surface area contributed by atoms with Crippen LogP contribution in [0.4, 0.5) is 4.39 Å². The first kappa shape index (κ1) is 23.9. The predicted molar refractivity (Wildman–Crippen MR) is 123 cm³/mol. The smallest absolute Gasteiger partial charge is 0.265 e. The van der Waals surface area contributed by atoms with Gasteiger partial charge < -0.3 is 9.64 Å². The summed E-state index contributed by atoms with van der Waals surface area (Å²) in [4.78, 5) is 27.3. The number of hydrogen-bond acceptors (Lipinski definition) is 5. The monoisotopic (exact) mass is 502 g/mol. The highest BCUT2D eigenvalue weighted by molar-refractivity contribution is 7.90. The van der Waals surface area contributed by atoms with Gasteiger partial charge in [0.05, 0.1) is 10.9 Å². The van der Waals surface area contributed by atoms with E-state index in [1.807, 2.05) is 4.72 Å². The van der Waals surface area contributed by atoms with Gasteiger partial charge in [-0.2, -0.15) is 0 Å². The van der Waals surface area contributed by atoms with E-state index in [0.717, 1.165) is 0 Å². The third kappa shape index (κ3) is 5.27. The molecule has 0 radical (unpaired) electrons. The molecule has 0 unspecified atom stereocenters. The maximum Gasteiger partial charge on any atom is 0.265 e. The maximum absolute atomic E-state index is 13.4. The van der Waals surface area contributed by atoms with Crippen LogP contribution in [0.25, 0.3) is 0 Å². The van der Waals surface area contributed by atoms with Crippen molar-refractivity contribution in [2.45, 2.75) is 23.6 Å². The maximum atomic E-state index is 13.4. The van der Waals surface area contributed by atoms with Gasteiger partial charge in [0.2, 0.25) is 5.91 Å². The Hall–Kier alpha value is -3.27. The van der Waals surface area contributed by atoms with Crippen LogP contribution in [0.2, 0.25) is 5.02 Å². The average molecular weight is 503 g/mol. The van der Waals surface area contributed by atoms with Gasteiger partial charge in [-0.25, -0.2) is 17.5 Å². The summed E-state index contributed by atoms with van der Waals surface area (Å²) in [5.41, 5.74) is 1.23. The minimum atomic E-state index is -4.21. The average Bonchev–Trinajstić information content (AvgIpc) is 2.82. The van der Waals surface area contributed by atoms with Gasteiger partial charge in [-0.15, -0.1) is 0 Å². The second kappa shape index (κ2) is 9.92. The molecule has 4 rings (SSSR count). The molecule has 0 aliphatic carbocycles. The molecule has 1 fully saturated rings. The Morgan fingerprint density at radius 3 is 2.32 bits per heavy atom. The molecule has 0 saturated carbocycles. The number of halogens is 2. The van der Waals surface area contributed by atoms with Gasteiger partial charge in [0.1, 0.15) is 12.4 Å². The van der Waals surface area contributed by atoms with Crippen LogP contribution in [-0.2, 0) is 30.9 Å². The molecule has 1 aliphatic heterocycles. The van der Waals surface area contributed by atoms with Crippen molar-refractivity contribution >= 4 is 33.4 Å². The molecule has 0 aromatic heterocycles. The third-order valence-electron chi connectivity index (χ3n) is 5.35. The van der Waals surface area contributed by atoms with Gasteiger partial charge in [0.25, 0.3) is 15.9 Å². The topological polar surface area (TPSA) is 92.8 Å². The standard InChI is InChI=1S/C24H20ClFN2O5S/c25-18-8-12-20(13-9-18)34(31,32)27-24(30)23-22(17-4-2-1-3-5-17)28(21(29)15-33-23)14-16-6-10-19(26)11-7-16/h1-13,22-23H,14-15H2,(H,27,30)/t22-,23-/m1/s1. The lowest BCUT2D eigenvalue weighted by molar-refractivity contribution is -0.164. The van der Waals surface area contributed by atoms with Gasteiger partial charge >= 0.3 is 0 Å². The van der Waals surface area contributed by atoms with Crippen molar-refractivity contribution in [3.63, 3.8) is 0 Å². The molecule has 1 aliphatic rings. The fourth-order valence-electron chi connectivity index (χ4n) is 3.71. The fraction of sp³-hybridized carbons (Fsp3) is 0.167. The molecule has 176 valence electrons. The van der Waals surface area contributed by atoms with Crippen molar-refractivity contribution in [3.05, 3.63) is 101 Å². The Labute approximate surface area is 201 Å². The summed E-state index contributed by atoms with van der Waals surface area (Å²) in [5.74, 6) is -1.72. The van der Waals surface area contributed by atoms with Crippen LogP contribution in [0.15, 0.2) is 83.8 Å². The third-order valence-corrected chi connectivity index (χ3v) is 6.97. The molecule has 7 nitrogen and oxygen atoms in total. The molecule has 10 heteroatoms. The molecular formula is C24H20ClFN2O5S. The Balaban J connectivity index is 1.65. The lowest BCUT2D eigenvalue weighted by Gasteiger charge is -2.40. The van der Waals surface area contributed by atoms with Crippen molar-refractivity contribution in [2.75, 3.05) is 6.61 Å². The molecule has 2 amide bonds. The number of amides is 2. The van der Waals surface area contributed by atoms with Crippen LogP contribution in [0.3, 0.4) is 0 Å². The summed E-state index contributed by atoms with van der Waals surface area (Å²) in [6.07, 6.45) is -1.30. The number of carbonyl (C=O) groups excluding carboxylic acids is 2. The van der Waals surface area contributed by atoms with Gasteiger partial charge in [0.15, 0.2) is 6.10 Å². The molecule has 0 spiro atoms. The van der Waals surface area contributed by atoms with Crippen LogP contribution < -0.4 is 4.72 Å². The zero-order chi connectivity index (χ0) is 24.3. The number of hydrogen-bond donors (Lipinski definition) is 1. The number of morpholine rings is 1. The SMILES string of the molecule is O=C(NS(=O)(=O)c1ccc(Cl)cc1)[C@@H]1OCC(=O)N(Cc2ccc(F)cc2)[C@@H]1c1ccccc1. The van der Waals surface area contributed by atoms with Crippen LogP contribution in [0, 0.1) is 5.82 Å². The van der Waals surface area contributed by atoms with E-state index in [1.54, 1.807) is 42.5 Å². The highest BCUT2D eigenvalue weighted by Gasteiger charge is 2.42. The quantitative estimate of drug-likeness (QED) is 0.557. The van der Waals surface area contributed by atoms with Crippen molar-refractivity contribution in [3.8, 4) is 0 Å². The summed E-state index contributed by atoms with van der Waals surface area (Å²) in [5, 5.41) is 0.347. The van der Waals surface area contributed by atoms with E-state index in [4.69, 9.17) is 16.3 Å². The Morgan fingerprint density at radius 2 is 1.68 bits per heavy atom. The van der Waals surface area contributed by atoms with E-state index in [-0.39, 0.29) is 17.3 Å². The van der Waals surface area contributed by atoms with Crippen LogP contribution >= 0.6 is 11.6 Å². The lowest BCUT2D eigenvalue weighted by atomic mass is 9.96. The molecule has 1 heterocycles. The minimum Gasteiger partial charge on any atom is -0.356 e. The molecular weight excluding hydrogens is 483 g/mol. The number of sulfonamides is 1. The highest BCUT2D eigenvalue weighted by Crippen LogP contribution is 2.32. The van der Waals surface area contributed by atoms with Crippen molar-refractivity contribution in [1.29, 1.82) is 0 Å². The second-order valence-corrected chi connectivity index (χ2v) is 9.78. The molecule has 3 aromatic rings. The summed E-state index contributed by atoms with van der Waals surface area (Å²) < 4.78 is 46.5. The van der Waals surface area contributed by atoms with Crippen molar-refractivity contribution in [1.82, 2.24) is 9.62 Å². The zero-order valence-electron chi connectivity index (χ0n) is 17.7.